The summed E-state index contributed by atoms with van der Waals surface area (Å²) < 4.78 is 7.24. The molecule has 6 nitrogen and oxygen atoms in total. The Balaban J connectivity index is 1.68. The molecule has 4 aromatic rings. The summed E-state index contributed by atoms with van der Waals surface area (Å²) in [7, 11) is 1.64. The molecular formula is C24H22N4O2S. The van der Waals surface area contributed by atoms with Crippen molar-refractivity contribution in [2.75, 3.05) is 12.9 Å². The highest BCUT2D eigenvalue weighted by Crippen LogP contribution is 2.29. The smallest absolute Gasteiger partial charge is 0.196 e. The van der Waals surface area contributed by atoms with E-state index >= 15 is 0 Å². The van der Waals surface area contributed by atoms with E-state index < -0.39 is 0 Å². The minimum absolute atomic E-state index is 0.0703. The van der Waals surface area contributed by atoms with Crippen molar-refractivity contribution in [3.8, 4) is 22.8 Å². The number of methoxy groups -OCH3 is 1. The topological polar surface area (TPSA) is 69.9 Å². The Bertz CT molecular complexity index is 1200. The van der Waals surface area contributed by atoms with Gasteiger partial charge in [0, 0.05) is 29.2 Å². The molecule has 0 unspecified atom stereocenters. The van der Waals surface area contributed by atoms with Gasteiger partial charge in [0.25, 0.3) is 0 Å². The monoisotopic (exact) mass is 430 g/mol. The molecule has 0 aliphatic carbocycles. The van der Waals surface area contributed by atoms with Gasteiger partial charge in [-0.05, 0) is 61.9 Å². The molecule has 0 atom stereocenters. The van der Waals surface area contributed by atoms with E-state index in [9.17, 15) is 4.79 Å². The highest BCUT2D eigenvalue weighted by molar-refractivity contribution is 7.99. The van der Waals surface area contributed by atoms with E-state index in [2.05, 4.69) is 15.2 Å². The molecule has 2 aromatic carbocycles. The molecule has 0 saturated heterocycles. The number of rotatable bonds is 7. The second kappa shape index (κ2) is 9.14. The second-order valence-corrected chi connectivity index (χ2v) is 8.05. The predicted molar refractivity (Wildman–Crippen MR) is 122 cm³/mol. The average molecular weight is 431 g/mol. The van der Waals surface area contributed by atoms with E-state index in [-0.39, 0.29) is 11.5 Å². The van der Waals surface area contributed by atoms with Gasteiger partial charge in [0.15, 0.2) is 16.8 Å². The molecule has 0 fully saturated rings. The highest BCUT2D eigenvalue weighted by Gasteiger charge is 2.18. The number of Topliss-reactive ketones (excluding diaryl/α,β-unsaturated/α-hetero) is 1. The zero-order chi connectivity index (χ0) is 21.8. The van der Waals surface area contributed by atoms with Gasteiger partial charge in [-0.25, -0.2) is 0 Å². The van der Waals surface area contributed by atoms with E-state index in [1.165, 1.54) is 11.8 Å². The van der Waals surface area contributed by atoms with Crippen LogP contribution in [0.3, 0.4) is 0 Å². The fraction of sp³-hybridized carbons (Fsp3) is 0.167. The maximum atomic E-state index is 12.9. The lowest BCUT2D eigenvalue weighted by Crippen LogP contribution is -2.07. The Labute approximate surface area is 185 Å². The first-order chi connectivity index (χ1) is 15.1. The summed E-state index contributed by atoms with van der Waals surface area (Å²) >= 11 is 1.38. The fourth-order valence-corrected chi connectivity index (χ4v) is 4.09. The van der Waals surface area contributed by atoms with Crippen LogP contribution < -0.4 is 4.74 Å². The van der Waals surface area contributed by atoms with Gasteiger partial charge in [-0.2, -0.15) is 0 Å². The number of ketones is 1. The summed E-state index contributed by atoms with van der Waals surface area (Å²) in [4.78, 5) is 17.0. The number of hydrogen-bond donors (Lipinski definition) is 0. The lowest BCUT2D eigenvalue weighted by atomic mass is 10.0. The number of aryl methyl sites for hydroxylation is 2. The molecule has 0 N–H and O–H groups in total. The molecule has 0 radical (unpaired) electrons. The third-order valence-corrected chi connectivity index (χ3v) is 5.86. The van der Waals surface area contributed by atoms with E-state index in [0.717, 1.165) is 33.7 Å². The fourth-order valence-electron chi connectivity index (χ4n) is 3.26. The number of pyridine rings is 1. The van der Waals surface area contributed by atoms with Crippen LogP contribution in [-0.2, 0) is 0 Å². The molecule has 0 spiro atoms. The van der Waals surface area contributed by atoms with Crippen molar-refractivity contribution >= 4 is 17.5 Å². The molecule has 7 heteroatoms. The maximum absolute atomic E-state index is 12.9. The van der Waals surface area contributed by atoms with Crippen LogP contribution in [0.1, 0.15) is 21.5 Å². The maximum Gasteiger partial charge on any atom is 0.196 e. The van der Waals surface area contributed by atoms with Crippen LogP contribution in [0.5, 0.6) is 5.75 Å². The molecule has 2 heterocycles. The third kappa shape index (κ3) is 4.51. The van der Waals surface area contributed by atoms with Gasteiger partial charge in [0.1, 0.15) is 5.75 Å². The zero-order valence-corrected chi connectivity index (χ0v) is 18.4. The van der Waals surface area contributed by atoms with Gasteiger partial charge >= 0.3 is 0 Å². The largest absolute Gasteiger partial charge is 0.497 e. The first-order valence-corrected chi connectivity index (χ1v) is 10.8. The van der Waals surface area contributed by atoms with Crippen molar-refractivity contribution in [3.63, 3.8) is 0 Å². The lowest BCUT2D eigenvalue weighted by molar-refractivity contribution is 0.102. The quantitative estimate of drug-likeness (QED) is 0.306. The van der Waals surface area contributed by atoms with Crippen molar-refractivity contribution in [1.82, 2.24) is 19.7 Å². The summed E-state index contributed by atoms with van der Waals surface area (Å²) in [6.45, 7) is 3.95. The summed E-state index contributed by atoms with van der Waals surface area (Å²) in [5.41, 5.74) is 4.58. The van der Waals surface area contributed by atoms with Crippen LogP contribution >= 0.6 is 11.8 Å². The number of nitrogens with zero attached hydrogens (tertiary/aromatic N) is 4. The van der Waals surface area contributed by atoms with Gasteiger partial charge in [0.2, 0.25) is 0 Å². The highest BCUT2D eigenvalue weighted by atomic mass is 32.2. The van der Waals surface area contributed by atoms with Gasteiger partial charge in [-0.15, -0.1) is 10.2 Å². The van der Waals surface area contributed by atoms with Crippen molar-refractivity contribution in [2.45, 2.75) is 19.0 Å². The van der Waals surface area contributed by atoms with Crippen LogP contribution in [-0.4, -0.2) is 38.4 Å². The number of carbonyl (C=O) groups excluding carboxylic acids is 1. The van der Waals surface area contributed by atoms with Gasteiger partial charge in [-0.3, -0.25) is 14.3 Å². The third-order valence-electron chi connectivity index (χ3n) is 4.93. The summed E-state index contributed by atoms with van der Waals surface area (Å²) in [6.07, 6.45) is 3.44. The first-order valence-electron chi connectivity index (χ1n) is 9.80. The number of carbonyl (C=O) groups is 1. The number of thioether (sulfide) groups is 1. The minimum atomic E-state index is 0.0703. The molecule has 0 bridgehead atoms. The molecule has 0 amide bonds. The Hall–Kier alpha value is -3.45. The molecule has 2 aromatic heterocycles. The van der Waals surface area contributed by atoms with Crippen LogP contribution in [0.2, 0.25) is 0 Å². The predicted octanol–water partition coefficient (Wildman–Crippen LogP) is 4.93. The van der Waals surface area contributed by atoms with E-state index in [4.69, 9.17) is 4.74 Å². The van der Waals surface area contributed by atoms with Crippen LogP contribution in [0.15, 0.2) is 72.1 Å². The molecule has 0 aliphatic rings. The number of aromatic nitrogens is 4. The van der Waals surface area contributed by atoms with Crippen molar-refractivity contribution in [3.05, 3.63) is 83.7 Å². The van der Waals surface area contributed by atoms with Gasteiger partial charge in [-0.1, -0.05) is 29.5 Å². The normalized spacial score (nSPS) is 10.8. The molecule has 4 rings (SSSR count). The van der Waals surface area contributed by atoms with Gasteiger partial charge in [0.05, 0.1) is 12.9 Å². The standard InChI is InChI=1S/C24H22N4O2S/c1-16-4-5-17(2)21(14-16)22(29)15-31-24-27-26-23(18-10-12-25-13-11-18)28(24)19-6-8-20(30-3)9-7-19/h4-14H,15H2,1-3H3. The molecule has 0 saturated carbocycles. The molecular weight excluding hydrogens is 408 g/mol. The minimum Gasteiger partial charge on any atom is -0.497 e. The summed E-state index contributed by atoms with van der Waals surface area (Å²) in [6, 6.07) is 17.4. The van der Waals surface area contributed by atoms with E-state index in [0.29, 0.717) is 11.0 Å². The second-order valence-electron chi connectivity index (χ2n) is 7.11. The SMILES string of the molecule is COc1ccc(-n2c(SCC(=O)c3cc(C)ccc3C)nnc2-c2ccncc2)cc1. The van der Waals surface area contributed by atoms with Crippen LogP contribution in [0, 0.1) is 13.8 Å². The summed E-state index contributed by atoms with van der Waals surface area (Å²) in [5.74, 6) is 1.80. The molecule has 156 valence electrons. The number of benzene rings is 2. The average Bonchev–Trinajstić information content (AvgIpc) is 3.23. The zero-order valence-electron chi connectivity index (χ0n) is 17.6. The molecule has 31 heavy (non-hydrogen) atoms. The Kier molecular flexibility index (Phi) is 6.13. The van der Waals surface area contributed by atoms with E-state index in [1.54, 1.807) is 19.5 Å². The lowest BCUT2D eigenvalue weighted by Gasteiger charge is -2.11. The first kappa shape index (κ1) is 20.8. The Morgan fingerprint density at radius 3 is 2.45 bits per heavy atom. The summed E-state index contributed by atoms with van der Waals surface area (Å²) in [5, 5.41) is 9.45. The van der Waals surface area contributed by atoms with E-state index in [1.807, 2.05) is 73.0 Å². The molecule has 0 aliphatic heterocycles. The van der Waals surface area contributed by atoms with Crippen molar-refractivity contribution < 1.29 is 9.53 Å². The Morgan fingerprint density at radius 1 is 1.00 bits per heavy atom. The number of ether oxygens (including phenoxy) is 1. The van der Waals surface area contributed by atoms with Crippen LogP contribution in [0.4, 0.5) is 0 Å². The number of hydrogen-bond acceptors (Lipinski definition) is 6. The van der Waals surface area contributed by atoms with Gasteiger partial charge < -0.3 is 4.74 Å². The van der Waals surface area contributed by atoms with Crippen LogP contribution in [0.25, 0.3) is 17.1 Å². The van der Waals surface area contributed by atoms with Crippen molar-refractivity contribution in [1.29, 1.82) is 0 Å². The Morgan fingerprint density at radius 2 is 1.74 bits per heavy atom. The van der Waals surface area contributed by atoms with Crippen molar-refractivity contribution in [2.24, 2.45) is 0 Å².